The predicted molar refractivity (Wildman–Crippen MR) is 421 cm³/mol. The van der Waals surface area contributed by atoms with Crippen LogP contribution in [0.3, 0.4) is 0 Å². The number of piperidine rings is 3. The summed E-state index contributed by atoms with van der Waals surface area (Å²) in [6.45, 7) is 12.7. The number of fused-ring (bicyclic) bond motifs is 6. The first-order valence-corrected chi connectivity index (χ1v) is 39.7. The fourth-order valence-corrected chi connectivity index (χ4v) is 16.7. The van der Waals surface area contributed by atoms with Crippen LogP contribution in [0.25, 0.3) is 45.0 Å². The van der Waals surface area contributed by atoms with Gasteiger partial charge < -0.3 is 38.0 Å². The average Bonchev–Trinajstić information content (AvgIpc) is 1.59. The van der Waals surface area contributed by atoms with Gasteiger partial charge >= 0.3 is 18.3 Å². The molecule has 8 heterocycles. The van der Waals surface area contributed by atoms with Crippen molar-refractivity contribution in [3.05, 3.63) is 224 Å². The van der Waals surface area contributed by atoms with E-state index in [4.69, 9.17) is 68.1 Å². The van der Waals surface area contributed by atoms with Crippen LogP contribution >= 0.6 is 34.8 Å². The van der Waals surface area contributed by atoms with Gasteiger partial charge in [-0.1, -0.05) is 54.9 Å². The third-order valence-electron chi connectivity index (χ3n) is 20.7. The van der Waals surface area contributed by atoms with E-state index in [1.54, 1.807) is 4.90 Å². The summed E-state index contributed by atoms with van der Waals surface area (Å²) >= 11 is 19.5. The zero-order chi connectivity index (χ0) is 73.4. The van der Waals surface area contributed by atoms with E-state index in [9.17, 15) is 22.8 Å². The van der Waals surface area contributed by atoms with E-state index >= 15 is 0 Å². The van der Waals surface area contributed by atoms with Gasteiger partial charge in [-0.2, -0.15) is 8.42 Å². The van der Waals surface area contributed by atoms with Crippen molar-refractivity contribution in [2.45, 2.75) is 136 Å². The normalized spacial score (nSPS) is 16.7. The van der Waals surface area contributed by atoms with Crippen molar-refractivity contribution in [1.82, 2.24) is 48.8 Å². The van der Waals surface area contributed by atoms with Gasteiger partial charge in [-0.3, -0.25) is 14.2 Å². The number of halogens is 3. The second-order valence-electron chi connectivity index (χ2n) is 27.4. The number of aromatic nitrogens is 7. The lowest BCUT2D eigenvalue weighted by Gasteiger charge is -2.36. The monoisotopic (exact) mass is 1510 g/mol. The number of amides is 3. The quantitative estimate of drug-likeness (QED) is 0.0320. The van der Waals surface area contributed by atoms with Gasteiger partial charge in [0.25, 0.3) is 10.1 Å². The van der Waals surface area contributed by atoms with E-state index in [2.05, 4.69) is 85.9 Å². The molecule has 0 saturated carbocycles. The van der Waals surface area contributed by atoms with Crippen molar-refractivity contribution in [2.75, 3.05) is 72.0 Å². The van der Waals surface area contributed by atoms with Gasteiger partial charge in [0, 0.05) is 159 Å². The summed E-state index contributed by atoms with van der Waals surface area (Å²) in [6.07, 6.45) is 32.1. The number of likely N-dealkylation sites (tertiary alicyclic amines) is 3. The average molecular weight is 1520 g/mol. The highest BCUT2D eigenvalue weighted by molar-refractivity contribution is 7.86. The van der Waals surface area contributed by atoms with E-state index in [1.807, 2.05) is 129 Å². The van der Waals surface area contributed by atoms with Crippen molar-refractivity contribution in [2.24, 2.45) is 11.8 Å². The van der Waals surface area contributed by atoms with Crippen molar-refractivity contribution in [3.8, 4) is 0 Å². The largest absolute Gasteiger partial charge is 0.450 e. The Morgan fingerprint density at radius 3 is 1.49 bits per heavy atom. The Balaban J connectivity index is 0.000000158. The molecular weight excluding hydrogens is 1420 g/mol. The number of benzene rings is 3. The number of rotatable bonds is 19. The summed E-state index contributed by atoms with van der Waals surface area (Å²) in [6, 6.07) is 33.2. The molecule has 0 radical (unpaired) electrons. The number of nitrogens with zero attached hydrogens (tertiary/aromatic N) is 10. The smallest absolute Gasteiger partial charge is 0.409 e. The minimum absolute atomic E-state index is 0. The number of aryl methyl sites for hydroxylation is 3. The molecule has 9 aromatic rings. The molecule has 23 heteroatoms. The van der Waals surface area contributed by atoms with Gasteiger partial charge in [0.05, 0.1) is 73.1 Å². The Labute approximate surface area is 638 Å². The lowest BCUT2D eigenvalue weighted by molar-refractivity contribution is 0.0893. The number of allylic oxidation sites excluding steroid dienone is 2. The molecule has 3 saturated heterocycles. The van der Waals surface area contributed by atoms with Gasteiger partial charge in [0.2, 0.25) is 0 Å². The molecule has 3 amide bonds. The van der Waals surface area contributed by atoms with Gasteiger partial charge in [-0.15, -0.1) is 0 Å². The fraction of sp³-hybridized carbons (Fsp3) is 0.410. The lowest BCUT2D eigenvalue weighted by Crippen LogP contribution is -2.40. The van der Waals surface area contributed by atoms with Crippen LogP contribution in [0.2, 0.25) is 15.1 Å². The molecule has 2 aliphatic carbocycles. The highest BCUT2D eigenvalue weighted by Crippen LogP contribution is 2.48. The molecule has 106 heavy (non-hydrogen) atoms. The zero-order valence-electron chi connectivity index (χ0n) is 60.1. The molecule has 0 spiro atoms. The number of carbonyl (C=O) groups is 3. The van der Waals surface area contributed by atoms with Crippen LogP contribution in [-0.2, 0) is 48.0 Å². The maximum atomic E-state index is 12.3. The number of hydrogen-bond acceptors (Lipinski definition) is 14. The van der Waals surface area contributed by atoms with Crippen LogP contribution in [0.1, 0.15) is 172 Å². The summed E-state index contributed by atoms with van der Waals surface area (Å²) in [4.78, 5) is 65.1. The van der Waals surface area contributed by atoms with Crippen LogP contribution in [0.4, 0.5) is 14.4 Å². The second kappa shape index (κ2) is 37.2. The van der Waals surface area contributed by atoms with E-state index in [0.717, 1.165) is 138 Å². The maximum absolute atomic E-state index is 12.3. The number of carbonyl (C=O) groups excluding carboxylic acids is 3. The topological polar surface area (TPSA) is 206 Å². The molecule has 558 valence electrons. The third-order valence-corrected chi connectivity index (χ3v) is 22.0. The SMILES string of the molecule is C.CCOC(=O)N1CCC(C2c3ccc(Cl)cc3C(CCCOS(C)(=O)=O)=Cc3cccnc32)CC1.CCOC(=O)N1CCC(C2c3ccc(Cl)cc3C(CCCn3ccnc3)=Cc3cccnc32)CC1.CCOC(=O)N1CCC(c2c3ncccc3cc(CCCn3ccnc3)[c+]3cc(Cl)ccc23)CC1. The lowest BCUT2D eigenvalue weighted by atomic mass is 9.76. The van der Waals surface area contributed by atoms with Gasteiger partial charge in [0.1, 0.15) is 10.5 Å². The zero-order valence-corrected chi connectivity index (χ0v) is 63.2. The van der Waals surface area contributed by atoms with Gasteiger partial charge in [0.15, 0.2) is 0 Å². The molecule has 3 fully saturated rings. The van der Waals surface area contributed by atoms with Crippen LogP contribution in [0, 0.1) is 11.8 Å². The van der Waals surface area contributed by atoms with E-state index in [0.29, 0.717) is 94.7 Å². The second-order valence-corrected chi connectivity index (χ2v) is 30.3. The number of imidazole rings is 2. The first-order chi connectivity index (χ1) is 51.0. The number of pyridine rings is 3. The Morgan fingerprint density at radius 2 is 1.01 bits per heavy atom. The Morgan fingerprint density at radius 1 is 0.547 bits per heavy atom. The van der Waals surface area contributed by atoms with Crippen LogP contribution in [0.5, 0.6) is 0 Å². The standard InChI is InChI=1S/C28H31ClN4O2.C28H30ClN4O2.C26H31ClN2O5S.CH4/c2*1-2-35-28(34)33-14-9-20(10-15-33)26-24-8-7-23(29)18-25(24)21(6-4-13-32-16-12-30-19-32)17-22-5-3-11-31-27(22)26;1-3-33-26(30)29-13-10-18(11-14-29)24-22-9-8-21(27)17-23(22)19(7-5-15-34-35(2,31)32)16-20-6-4-12-28-25(20)24;/h3,5,7-8,11-12,16-20,26H,2,4,6,9-10,13-15H2,1H3;3,5,7-8,11-12,16-20H,2,4,6,9-10,13-15H2,1H3;4,6,8-9,12,16-18,24H,3,5,7,10-11,13-15H2,1-2H3;1H4/q;+1;;. The van der Waals surface area contributed by atoms with Gasteiger partial charge in [-0.25, -0.2) is 29.3 Å². The molecule has 19 nitrogen and oxygen atoms in total. The molecule has 5 aromatic heterocycles. The van der Waals surface area contributed by atoms with Crippen LogP contribution in [0.15, 0.2) is 153 Å². The van der Waals surface area contributed by atoms with Crippen molar-refractivity contribution in [1.29, 1.82) is 0 Å². The molecule has 3 aliphatic heterocycles. The summed E-state index contributed by atoms with van der Waals surface area (Å²) in [5.41, 5.74) is 15.1. The number of ether oxygens (including phenoxy) is 3. The number of hydrogen-bond donors (Lipinski definition) is 0. The Bertz CT molecular complexity index is 4680. The maximum Gasteiger partial charge on any atom is 0.409 e. The van der Waals surface area contributed by atoms with E-state index in [1.165, 1.54) is 44.2 Å². The van der Waals surface area contributed by atoms with Crippen LogP contribution < -0.4 is 0 Å². The van der Waals surface area contributed by atoms with Crippen molar-refractivity contribution < 1.29 is 41.2 Å². The minimum atomic E-state index is -3.48. The fourth-order valence-electron chi connectivity index (χ4n) is 15.8. The molecule has 2 unspecified atom stereocenters. The first kappa shape index (κ1) is 78.3. The minimum Gasteiger partial charge on any atom is -0.450 e. The van der Waals surface area contributed by atoms with Crippen LogP contribution in [-0.4, -0.2) is 147 Å². The molecule has 0 N–H and O–H groups in total. The summed E-state index contributed by atoms with van der Waals surface area (Å²) in [7, 11) is -3.48. The molecule has 2 atom stereocenters. The summed E-state index contributed by atoms with van der Waals surface area (Å²) in [5, 5.41) is 5.66. The first-order valence-electron chi connectivity index (χ1n) is 36.8. The molecule has 5 aliphatic rings. The highest BCUT2D eigenvalue weighted by Gasteiger charge is 2.38. The van der Waals surface area contributed by atoms with E-state index < -0.39 is 10.1 Å². The predicted octanol–water partition coefficient (Wildman–Crippen LogP) is 18.7. The van der Waals surface area contributed by atoms with Crippen molar-refractivity contribution >= 4 is 108 Å². The van der Waals surface area contributed by atoms with E-state index in [-0.39, 0.29) is 44.1 Å². The molecule has 0 bridgehead atoms. The third kappa shape index (κ3) is 19.5. The highest BCUT2D eigenvalue weighted by atomic mass is 35.5. The summed E-state index contributed by atoms with van der Waals surface area (Å²) < 4.78 is 47.6. The molecule has 4 aromatic carbocycles. The Hall–Kier alpha value is -8.79. The van der Waals surface area contributed by atoms with Crippen molar-refractivity contribution in [3.63, 3.8) is 0 Å². The van der Waals surface area contributed by atoms with Gasteiger partial charge in [-0.05, 0) is 226 Å². The molecule has 14 rings (SSSR count). The Kier molecular flexibility index (Phi) is 27.4. The summed E-state index contributed by atoms with van der Waals surface area (Å²) in [5.74, 6) is 1.20. The molecular formula is C83H96Cl3N10O9S+.